The number of nitrogens with two attached hydrogens (primary N) is 1. The lowest BCUT2D eigenvalue weighted by Gasteiger charge is -2.45. The molecule has 0 spiro atoms. The fourth-order valence-corrected chi connectivity index (χ4v) is 3.70. The quantitative estimate of drug-likeness (QED) is 0.808. The van der Waals surface area contributed by atoms with Crippen molar-refractivity contribution in [2.45, 2.75) is 25.4 Å². The van der Waals surface area contributed by atoms with Gasteiger partial charge in [-0.1, -0.05) is 0 Å². The van der Waals surface area contributed by atoms with Gasteiger partial charge in [-0.05, 0) is 37.1 Å². The van der Waals surface area contributed by atoms with Gasteiger partial charge in [-0.15, -0.1) is 0 Å². The molecule has 1 aromatic rings. The van der Waals surface area contributed by atoms with E-state index >= 15 is 0 Å². The van der Waals surface area contributed by atoms with Gasteiger partial charge < -0.3 is 20.7 Å². The molecule has 25 heavy (non-hydrogen) atoms. The Morgan fingerprint density at radius 3 is 2.88 bits per heavy atom. The summed E-state index contributed by atoms with van der Waals surface area (Å²) in [7, 11) is 1.86. The van der Waals surface area contributed by atoms with Crippen molar-refractivity contribution in [1.29, 1.82) is 5.26 Å². The van der Waals surface area contributed by atoms with E-state index in [1.54, 1.807) is 31.3 Å². The second-order valence-electron chi connectivity index (χ2n) is 6.28. The smallest absolute Gasteiger partial charge is 0.328 e. The summed E-state index contributed by atoms with van der Waals surface area (Å²) in [6, 6.07) is 6.62. The number of nitriles is 1. The number of nitrogens with zero attached hydrogens (tertiary/aromatic N) is 2. The summed E-state index contributed by atoms with van der Waals surface area (Å²) >= 11 is 0. The largest absolute Gasteiger partial charge is 0.464 e. The van der Waals surface area contributed by atoms with Crippen molar-refractivity contribution in [2.24, 2.45) is 11.7 Å². The minimum Gasteiger partial charge on any atom is -0.464 e. The molecule has 0 radical (unpaired) electrons. The number of nitrogens with one attached hydrogen (secondary N) is 1. The number of rotatable bonds is 3. The number of benzene rings is 1. The zero-order valence-electron chi connectivity index (χ0n) is 14.2. The standard InChI is InChI=1S/C18H20N4O3/c1-3-25-18(24)15-13-6-10(8-19)9-22(2)16(13)12-7-11(17(20)23)4-5-14(12)21-15/h4-5,7,9,13,15-16,21H,3,6H2,1-2H3,(H2,20,23)/t13-,15+,16+/m0/s1. The molecule has 1 aromatic carbocycles. The number of primary amides is 1. The van der Waals surface area contributed by atoms with Gasteiger partial charge in [0.25, 0.3) is 0 Å². The molecule has 7 heteroatoms. The lowest BCUT2D eigenvalue weighted by molar-refractivity contribution is -0.146. The number of hydrogen-bond acceptors (Lipinski definition) is 6. The Morgan fingerprint density at radius 2 is 2.24 bits per heavy atom. The average molecular weight is 340 g/mol. The Balaban J connectivity index is 2.10. The number of hydrogen-bond donors (Lipinski definition) is 2. The first-order chi connectivity index (χ1) is 12.0. The minimum absolute atomic E-state index is 0.151. The molecular weight excluding hydrogens is 320 g/mol. The normalized spacial score (nSPS) is 24.1. The van der Waals surface area contributed by atoms with Crippen LogP contribution < -0.4 is 11.1 Å². The minimum atomic E-state index is -0.559. The van der Waals surface area contributed by atoms with Gasteiger partial charge >= 0.3 is 5.97 Å². The molecule has 0 saturated heterocycles. The van der Waals surface area contributed by atoms with Crippen LogP contribution in [0.1, 0.15) is 35.3 Å². The van der Waals surface area contributed by atoms with E-state index in [1.165, 1.54) is 0 Å². The van der Waals surface area contributed by atoms with Gasteiger partial charge in [0.15, 0.2) is 0 Å². The summed E-state index contributed by atoms with van der Waals surface area (Å²) in [5.41, 5.74) is 8.08. The van der Waals surface area contributed by atoms with E-state index in [1.807, 2.05) is 11.9 Å². The summed E-state index contributed by atoms with van der Waals surface area (Å²) < 4.78 is 5.22. The number of carbonyl (C=O) groups is 2. The van der Waals surface area contributed by atoms with Crippen LogP contribution in [0.15, 0.2) is 30.0 Å². The first-order valence-corrected chi connectivity index (χ1v) is 8.16. The Hall–Kier alpha value is -3.01. The fourth-order valence-electron chi connectivity index (χ4n) is 3.70. The van der Waals surface area contributed by atoms with E-state index in [-0.39, 0.29) is 17.9 Å². The molecule has 0 bridgehead atoms. The van der Waals surface area contributed by atoms with E-state index in [0.29, 0.717) is 24.2 Å². The average Bonchev–Trinajstić information content (AvgIpc) is 2.60. The first kappa shape index (κ1) is 16.8. The molecule has 7 nitrogen and oxygen atoms in total. The molecule has 0 aromatic heterocycles. The molecule has 0 fully saturated rings. The summed E-state index contributed by atoms with van der Waals surface area (Å²) in [4.78, 5) is 25.9. The van der Waals surface area contributed by atoms with Crippen LogP contribution in [0.5, 0.6) is 0 Å². The molecule has 0 aliphatic carbocycles. The fraction of sp³-hybridized carbons (Fsp3) is 0.389. The van der Waals surface area contributed by atoms with Crippen LogP contribution >= 0.6 is 0 Å². The predicted molar refractivity (Wildman–Crippen MR) is 91.3 cm³/mol. The lowest BCUT2D eigenvalue weighted by Crippen LogP contribution is -2.49. The number of allylic oxidation sites excluding steroid dienone is 1. The molecule has 2 heterocycles. The second kappa shape index (κ2) is 6.48. The molecule has 2 aliphatic heterocycles. The molecule has 1 amide bonds. The molecule has 2 aliphatic rings. The van der Waals surface area contributed by atoms with Gasteiger partial charge in [0.05, 0.1) is 18.7 Å². The van der Waals surface area contributed by atoms with Crippen molar-refractivity contribution in [3.8, 4) is 6.07 Å². The Morgan fingerprint density at radius 1 is 1.48 bits per heavy atom. The Bertz CT molecular complexity index is 796. The maximum Gasteiger partial charge on any atom is 0.328 e. The maximum atomic E-state index is 12.5. The van der Waals surface area contributed by atoms with Crippen molar-refractivity contribution >= 4 is 17.6 Å². The predicted octanol–water partition coefficient (Wildman–Crippen LogP) is 1.54. The number of carbonyl (C=O) groups excluding carboxylic acids is 2. The van der Waals surface area contributed by atoms with E-state index in [0.717, 1.165) is 11.3 Å². The van der Waals surface area contributed by atoms with Gasteiger partial charge in [-0.3, -0.25) is 4.79 Å². The molecule has 0 unspecified atom stereocenters. The molecular formula is C18H20N4O3. The number of esters is 1. The van der Waals surface area contributed by atoms with Crippen LogP contribution in [0.2, 0.25) is 0 Å². The summed E-state index contributed by atoms with van der Waals surface area (Å²) in [5.74, 6) is -1.02. The van der Waals surface area contributed by atoms with E-state index < -0.39 is 11.9 Å². The van der Waals surface area contributed by atoms with Gasteiger partial charge in [0.2, 0.25) is 5.91 Å². The zero-order valence-corrected chi connectivity index (χ0v) is 14.2. The van der Waals surface area contributed by atoms with Crippen molar-refractivity contribution in [3.63, 3.8) is 0 Å². The highest BCUT2D eigenvalue weighted by Gasteiger charge is 2.44. The van der Waals surface area contributed by atoms with Crippen LogP contribution in [-0.2, 0) is 9.53 Å². The van der Waals surface area contributed by atoms with Crippen LogP contribution in [0.25, 0.3) is 0 Å². The highest BCUT2D eigenvalue weighted by atomic mass is 16.5. The van der Waals surface area contributed by atoms with Crippen LogP contribution in [-0.4, -0.2) is 36.5 Å². The molecule has 3 rings (SSSR count). The van der Waals surface area contributed by atoms with E-state index in [9.17, 15) is 14.9 Å². The number of fused-ring (bicyclic) bond motifs is 3. The molecule has 130 valence electrons. The van der Waals surface area contributed by atoms with Crippen LogP contribution in [0.3, 0.4) is 0 Å². The van der Waals surface area contributed by atoms with Gasteiger partial charge in [-0.2, -0.15) is 5.26 Å². The van der Waals surface area contributed by atoms with Crippen molar-refractivity contribution in [1.82, 2.24) is 4.90 Å². The number of ether oxygens (including phenoxy) is 1. The molecule has 3 atom stereocenters. The van der Waals surface area contributed by atoms with Crippen molar-refractivity contribution in [3.05, 3.63) is 41.1 Å². The van der Waals surface area contributed by atoms with Crippen LogP contribution in [0.4, 0.5) is 5.69 Å². The number of anilines is 1. The SMILES string of the molecule is CCOC(=O)[C@@H]1Nc2ccc(C(N)=O)cc2[C@@H]2[C@H]1CC(C#N)=CN2C. The van der Waals surface area contributed by atoms with E-state index in [2.05, 4.69) is 11.4 Å². The maximum absolute atomic E-state index is 12.5. The zero-order chi connectivity index (χ0) is 18.1. The third-order valence-electron chi connectivity index (χ3n) is 4.74. The van der Waals surface area contributed by atoms with Gasteiger partial charge in [-0.25, -0.2) is 4.79 Å². The Labute approximate surface area is 146 Å². The summed E-state index contributed by atoms with van der Waals surface area (Å²) in [6.07, 6.45) is 2.25. The summed E-state index contributed by atoms with van der Waals surface area (Å²) in [5, 5.41) is 12.5. The van der Waals surface area contributed by atoms with Gasteiger partial charge in [0.1, 0.15) is 6.04 Å². The topological polar surface area (TPSA) is 108 Å². The summed E-state index contributed by atoms with van der Waals surface area (Å²) in [6.45, 7) is 2.05. The van der Waals surface area contributed by atoms with Crippen molar-refractivity contribution < 1.29 is 14.3 Å². The molecule has 3 N–H and O–H groups in total. The monoisotopic (exact) mass is 340 g/mol. The highest BCUT2D eigenvalue weighted by Crippen LogP contribution is 2.46. The van der Waals surface area contributed by atoms with Crippen molar-refractivity contribution in [2.75, 3.05) is 19.0 Å². The third kappa shape index (κ3) is 2.91. The lowest BCUT2D eigenvalue weighted by atomic mass is 9.76. The second-order valence-corrected chi connectivity index (χ2v) is 6.28. The highest BCUT2D eigenvalue weighted by molar-refractivity contribution is 5.94. The van der Waals surface area contributed by atoms with Crippen LogP contribution in [0, 0.1) is 17.2 Å². The van der Waals surface area contributed by atoms with Gasteiger partial charge in [0, 0.05) is 36.0 Å². The first-order valence-electron chi connectivity index (χ1n) is 8.16. The number of amides is 1. The molecule has 0 saturated carbocycles. The Kier molecular flexibility index (Phi) is 4.36. The van der Waals surface area contributed by atoms with E-state index in [4.69, 9.17) is 10.5 Å². The third-order valence-corrected chi connectivity index (χ3v) is 4.74.